The number of rotatable bonds is 7. The minimum absolute atomic E-state index is 0.609. The molecule has 0 saturated heterocycles. The summed E-state index contributed by atoms with van der Waals surface area (Å²) in [5.41, 5.74) is 7.26. The van der Waals surface area contributed by atoms with Crippen molar-refractivity contribution in [2.45, 2.75) is 66.3 Å². The van der Waals surface area contributed by atoms with Crippen molar-refractivity contribution in [1.29, 1.82) is 0 Å². The van der Waals surface area contributed by atoms with Crippen molar-refractivity contribution in [1.82, 2.24) is 9.55 Å². The van der Waals surface area contributed by atoms with Crippen molar-refractivity contribution >= 4 is 5.82 Å². The molecule has 3 heteroatoms. The lowest BCUT2D eigenvalue weighted by Crippen LogP contribution is -2.09. The monoisotopic (exact) mass is 237 g/mol. The van der Waals surface area contributed by atoms with Crippen LogP contribution in [0.4, 0.5) is 5.82 Å². The molecule has 17 heavy (non-hydrogen) atoms. The summed E-state index contributed by atoms with van der Waals surface area (Å²) >= 11 is 0. The number of hydrogen-bond acceptors (Lipinski definition) is 2. The molecule has 1 rings (SSSR count). The lowest BCUT2D eigenvalue weighted by Gasteiger charge is -2.10. The van der Waals surface area contributed by atoms with E-state index in [9.17, 15) is 0 Å². The van der Waals surface area contributed by atoms with Gasteiger partial charge in [-0.3, -0.25) is 0 Å². The van der Waals surface area contributed by atoms with Gasteiger partial charge in [0.1, 0.15) is 11.6 Å². The summed E-state index contributed by atoms with van der Waals surface area (Å²) in [4.78, 5) is 4.60. The predicted molar refractivity (Wildman–Crippen MR) is 74.1 cm³/mol. The van der Waals surface area contributed by atoms with Crippen LogP contribution in [-0.4, -0.2) is 9.55 Å². The average Bonchev–Trinajstić information content (AvgIpc) is 2.52. The SMILES string of the molecule is CCCCCCc1nc(C)n(CC(C)C)c1N. The highest BCUT2D eigenvalue weighted by Gasteiger charge is 2.12. The largest absolute Gasteiger partial charge is 0.384 e. The summed E-state index contributed by atoms with van der Waals surface area (Å²) in [6, 6.07) is 0. The highest BCUT2D eigenvalue weighted by molar-refractivity contribution is 5.38. The first-order chi connectivity index (χ1) is 8.06. The minimum atomic E-state index is 0.609. The second-order valence-corrected chi connectivity index (χ2v) is 5.31. The molecule has 98 valence electrons. The third kappa shape index (κ3) is 4.06. The number of nitrogen functional groups attached to an aromatic ring is 1. The van der Waals surface area contributed by atoms with Crippen molar-refractivity contribution in [2.24, 2.45) is 5.92 Å². The number of nitrogens with zero attached hydrogens (tertiary/aromatic N) is 2. The molecule has 0 radical (unpaired) electrons. The van der Waals surface area contributed by atoms with Crippen LogP contribution in [0.2, 0.25) is 0 Å². The Bertz CT molecular complexity index is 339. The van der Waals surface area contributed by atoms with E-state index in [4.69, 9.17) is 5.73 Å². The van der Waals surface area contributed by atoms with E-state index in [1.807, 2.05) is 6.92 Å². The standard InChI is InChI=1S/C14H27N3/c1-5-6-7-8-9-13-14(15)17(10-11(2)3)12(4)16-13/h11H,5-10,15H2,1-4H3. The van der Waals surface area contributed by atoms with Gasteiger partial charge < -0.3 is 10.3 Å². The zero-order chi connectivity index (χ0) is 12.8. The van der Waals surface area contributed by atoms with Crippen LogP contribution in [-0.2, 0) is 13.0 Å². The van der Waals surface area contributed by atoms with Gasteiger partial charge >= 0.3 is 0 Å². The number of hydrogen-bond donors (Lipinski definition) is 1. The molecule has 0 aliphatic rings. The number of aryl methyl sites for hydroxylation is 2. The fraction of sp³-hybridized carbons (Fsp3) is 0.786. The second-order valence-electron chi connectivity index (χ2n) is 5.31. The summed E-state index contributed by atoms with van der Waals surface area (Å²) < 4.78 is 2.15. The third-order valence-corrected chi connectivity index (χ3v) is 3.09. The van der Waals surface area contributed by atoms with Crippen LogP contribution in [0, 0.1) is 12.8 Å². The summed E-state index contributed by atoms with van der Waals surface area (Å²) in [6.07, 6.45) is 6.10. The molecule has 0 saturated carbocycles. The van der Waals surface area contributed by atoms with Crippen LogP contribution in [0.25, 0.3) is 0 Å². The molecule has 1 aromatic heterocycles. The zero-order valence-electron chi connectivity index (χ0n) is 11.8. The van der Waals surface area contributed by atoms with Gasteiger partial charge in [0.05, 0.1) is 5.69 Å². The molecular weight excluding hydrogens is 210 g/mol. The number of anilines is 1. The van der Waals surface area contributed by atoms with Crippen LogP contribution in [0.1, 0.15) is 58.0 Å². The highest BCUT2D eigenvalue weighted by atomic mass is 15.1. The van der Waals surface area contributed by atoms with E-state index in [0.29, 0.717) is 5.92 Å². The van der Waals surface area contributed by atoms with Crippen molar-refractivity contribution in [3.8, 4) is 0 Å². The van der Waals surface area contributed by atoms with E-state index in [1.54, 1.807) is 0 Å². The molecule has 0 atom stereocenters. The van der Waals surface area contributed by atoms with Crippen molar-refractivity contribution in [2.75, 3.05) is 5.73 Å². The van der Waals surface area contributed by atoms with E-state index in [-0.39, 0.29) is 0 Å². The minimum Gasteiger partial charge on any atom is -0.384 e. The van der Waals surface area contributed by atoms with E-state index in [2.05, 4.69) is 30.3 Å². The molecule has 1 aromatic rings. The fourth-order valence-corrected chi connectivity index (χ4v) is 2.14. The Morgan fingerprint density at radius 1 is 1.24 bits per heavy atom. The molecule has 1 heterocycles. The number of imidazole rings is 1. The van der Waals surface area contributed by atoms with Crippen LogP contribution in [0.15, 0.2) is 0 Å². The van der Waals surface area contributed by atoms with Gasteiger partial charge in [0, 0.05) is 6.54 Å². The van der Waals surface area contributed by atoms with Crippen molar-refractivity contribution < 1.29 is 0 Å². The van der Waals surface area contributed by atoms with Gasteiger partial charge in [0.15, 0.2) is 0 Å². The van der Waals surface area contributed by atoms with Gasteiger partial charge in [-0.25, -0.2) is 4.98 Å². The van der Waals surface area contributed by atoms with E-state index < -0.39 is 0 Å². The van der Waals surface area contributed by atoms with Gasteiger partial charge in [0.2, 0.25) is 0 Å². The first-order valence-corrected chi connectivity index (χ1v) is 6.87. The van der Waals surface area contributed by atoms with Crippen molar-refractivity contribution in [3.05, 3.63) is 11.5 Å². The Morgan fingerprint density at radius 3 is 2.53 bits per heavy atom. The molecule has 0 aliphatic carbocycles. The number of unbranched alkanes of at least 4 members (excludes halogenated alkanes) is 3. The molecule has 0 amide bonds. The summed E-state index contributed by atoms with van der Waals surface area (Å²) in [5, 5.41) is 0. The van der Waals surface area contributed by atoms with Gasteiger partial charge in [-0.2, -0.15) is 0 Å². The molecule has 0 spiro atoms. The number of aromatic nitrogens is 2. The van der Waals surface area contributed by atoms with E-state index >= 15 is 0 Å². The van der Waals surface area contributed by atoms with E-state index in [0.717, 1.165) is 30.3 Å². The fourth-order valence-electron chi connectivity index (χ4n) is 2.14. The molecule has 0 bridgehead atoms. The molecular formula is C14H27N3. The first-order valence-electron chi connectivity index (χ1n) is 6.87. The lowest BCUT2D eigenvalue weighted by atomic mass is 10.1. The highest BCUT2D eigenvalue weighted by Crippen LogP contribution is 2.18. The quantitative estimate of drug-likeness (QED) is 0.737. The van der Waals surface area contributed by atoms with Crippen LogP contribution < -0.4 is 5.73 Å². The molecule has 0 unspecified atom stereocenters. The third-order valence-electron chi connectivity index (χ3n) is 3.09. The summed E-state index contributed by atoms with van der Waals surface area (Å²) in [6.45, 7) is 9.67. The Hall–Kier alpha value is -0.990. The van der Waals surface area contributed by atoms with Crippen LogP contribution >= 0.6 is 0 Å². The Kier molecular flexibility index (Phi) is 5.52. The normalized spacial score (nSPS) is 11.4. The number of nitrogens with two attached hydrogens (primary N) is 1. The van der Waals surface area contributed by atoms with Gasteiger partial charge in [-0.1, -0.05) is 40.0 Å². The Labute approximate surface area is 105 Å². The zero-order valence-corrected chi connectivity index (χ0v) is 11.8. The molecule has 2 N–H and O–H groups in total. The van der Waals surface area contributed by atoms with Gasteiger partial charge in [-0.05, 0) is 25.7 Å². The van der Waals surface area contributed by atoms with Crippen LogP contribution in [0.3, 0.4) is 0 Å². The Balaban J connectivity index is 2.61. The lowest BCUT2D eigenvalue weighted by molar-refractivity contribution is 0.518. The maximum Gasteiger partial charge on any atom is 0.126 e. The second kappa shape index (κ2) is 6.67. The molecule has 0 fully saturated rings. The van der Waals surface area contributed by atoms with Crippen molar-refractivity contribution in [3.63, 3.8) is 0 Å². The Morgan fingerprint density at radius 2 is 1.94 bits per heavy atom. The molecule has 0 aliphatic heterocycles. The predicted octanol–water partition coefficient (Wildman–Crippen LogP) is 3.55. The van der Waals surface area contributed by atoms with Crippen LogP contribution in [0.5, 0.6) is 0 Å². The summed E-state index contributed by atoms with van der Waals surface area (Å²) in [7, 11) is 0. The van der Waals surface area contributed by atoms with E-state index in [1.165, 1.54) is 25.7 Å². The maximum atomic E-state index is 6.17. The summed E-state index contributed by atoms with van der Waals surface area (Å²) in [5.74, 6) is 2.55. The van der Waals surface area contributed by atoms with Gasteiger partial charge in [-0.15, -0.1) is 0 Å². The smallest absolute Gasteiger partial charge is 0.126 e. The first kappa shape index (κ1) is 14.1. The van der Waals surface area contributed by atoms with Gasteiger partial charge in [0.25, 0.3) is 0 Å². The maximum absolute atomic E-state index is 6.17. The average molecular weight is 237 g/mol. The molecule has 3 nitrogen and oxygen atoms in total. The molecule has 0 aromatic carbocycles. The topological polar surface area (TPSA) is 43.8 Å².